The van der Waals surface area contributed by atoms with Gasteiger partial charge in [-0.15, -0.1) is 0 Å². The van der Waals surface area contributed by atoms with Crippen LogP contribution in [-0.2, 0) is 9.47 Å². The Morgan fingerprint density at radius 1 is 0.676 bits per heavy atom. The standard InChI is InChI=1S/C26H24N2O6/c1-17(2)31-25(29)33-23-9-5-19(6-10-23)13-21(15-27)22(16-28)14-20-7-11-24(12-8-20)34-26(30)32-18(3)4/h5-14,17-18H,1-4H3/b21-13-,22-14+. The van der Waals surface area contributed by atoms with Gasteiger partial charge in [-0.2, -0.15) is 10.5 Å². The largest absolute Gasteiger partial charge is 0.514 e. The minimum Gasteiger partial charge on any atom is -0.431 e. The first kappa shape index (κ1) is 25.7. The lowest BCUT2D eigenvalue weighted by Crippen LogP contribution is -2.15. The highest BCUT2D eigenvalue weighted by Crippen LogP contribution is 2.21. The van der Waals surface area contributed by atoms with Crippen molar-refractivity contribution in [2.75, 3.05) is 0 Å². The van der Waals surface area contributed by atoms with Gasteiger partial charge in [0.2, 0.25) is 0 Å². The summed E-state index contributed by atoms with van der Waals surface area (Å²) >= 11 is 0. The van der Waals surface area contributed by atoms with Crippen LogP contribution in [0.15, 0.2) is 59.7 Å². The molecule has 0 radical (unpaired) electrons. The summed E-state index contributed by atoms with van der Waals surface area (Å²) in [5.41, 5.74) is 1.57. The van der Waals surface area contributed by atoms with Gasteiger partial charge >= 0.3 is 12.3 Å². The zero-order valence-electron chi connectivity index (χ0n) is 19.3. The summed E-state index contributed by atoms with van der Waals surface area (Å²) in [4.78, 5) is 23.2. The fourth-order valence-corrected chi connectivity index (χ4v) is 2.56. The summed E-state index contributed by atoms with van der Waals surface area (Å²) in [6.45, 7) is 6.85. The van der Waals surface area contributed by atoms with Crippen molar-refractivity contribution in [1.82, 2.24) is 0 Å². The summed E-state index contributed by atoms with van der Waals surface area (Å²) in [5, 5.41) is 19.1. The first-order chi connectivity index (χ1) is 16.2. The monoisotopic (exact) mass is 460 g/mol. The molecule has 34 heavy (non-hydrogen) atoms. The van der Waals surface area contributed by atoms with E-state index < -0.39 is 12.3 Å². The van der Waals surface area contributed by atoms with Crippen molar-refractivity contribution < 1.29 is 28.5 Å². The van der Waals surface area contributed by atoms with Gasteiger partial charge in [-0.25, -0.2) is 9.59 Å². The zero-order valence-corrected chi connectivity index (χ0v) is 19.3. The minimum atomic E-state index is -0.807. The van der Waals surface area contributed by atoms with Gasteiger partial charge in [-0.3, -0.25) is 0 Å². The fourth-order valence-electron chi connectivity index (χ4n) is 2.56. The molecule has 0 N–H and O–H groups in total. The number of ether oxygens (including phenoxy) is 4. The number of benzene rings is 2. The number of hydrogen-bond acceptors (Lipinski definition) is 8. The average Bonchev–Trinajstić information content (AvgIpc) is 2.77. The van der Waals surface area contributed by atoms with E-state index in [4.69, 9.17) is 18.9 Å². The van der Waals surface area contributed by atoms with Crippen molar-refractivity contribution in [3.05, 3.63) is 70.8 Å². The molecule has 8 heteroatoms. The van der Waals surface area contributed by atoms with Gasteiger partial charge in [-0.1, -0.05) is 24.3 Å². The maximum absolute atomic E-state index is 11.6. The van der Waals surface area contributed by atoms with E-state index in [1.807, 2.05) is 12.1 Å². The number of rotatable bonds is 7. The lowest BCUT2D eigenvalue weighted by atomic mass is 10.0. The molecule has 0 bridgehead atoms. The average molecular weight is 460 g/mol. The van der Waals surface area contributed by atoms with Gasteiger partial charge < -0.3 is 18.9 Å². The molecule has 0 unspecified atom stereocenters. The Balaban J connectivity index is 2.15. The smallest absolute Gasteiger partial charge is 0.431 e. The second-order valence-corrected chi connectivity index (χ2v) is 7.52. The molecule has 0 fully saturated rings. The van der Waals surface area contributed by atoms with Crippen LogP contribution in [0.25, 0.3) is 12.2 Å². The lowest BCUT2D eigenvalue weighted by molar-refractivity contribution is 0.0716. The molecule has 0 saturated carbocycles. The second kappa shape index (κ2) is 12.5. The molecule has 2 rings (SSSR count). The van der Waals surface area contributed by atoms with Crippen LogP contribution < -0.4 is 9.47 Å². The highest BCUT2D eigenvalue weighted by atomic mass is 16.7. The summed E-state index contributed by atoms with van der Waals surface area (Å²) in [6, 6.07) is 16.9. The van der Waals surface area contributed by atoms with E-state index in [9.17, 15) is 20.1 Å². The van der Waals surface area contributed by atoms with Crippen molar-refractivity contribution >= 4 is 24.5 Å². The summed E-state index contributed by atoms with van der Waals surface area (Å²) in [7, 11) is 0. The Kier molecular flexibility index (Phi) is 9.43. The molecule has 0 aliphatic heterocycles. The Hall–Kier alpha value is -4.56. The van der Waals surface area contributed by atoms with Crippen LogP contribution in [0.1, 0.15) is 38.8 Å². The molecule has 0 aromatic heterocycles. The van der Waals surface area contributed by atoms with Gasteiger partial charge in [0.05, 0.1) is 23.4 Å². The molecule has 0 heterocycles. The fraction of sp³-hybridized carbons (Fsp3) is 0.231. The SMILES string of the molecule is CC(C)OC(=O)Oc1ccc(/C=C(C#N)/C(C#N)=C\c2ccc(OC(=O)OC(C)C)cc2)cc1. The van der Waals surface area contributed by atoms with E-state index >= 15 is 0 Å². The lowest BCUT2D eigenvalue weighted by Gasteiger charge is -2.08. The molecule has 8 nitrogen and oxygen atoms in total. The van der Waals surface area contributed by atoms with E-state index in [0.29, 0.717) is 11.1 Å². The Morgan fingerprint density at radius 2 is 1.00 bits per heavy atom. The topological polar surface area (TPSA) is 119 Å². The number of nitrogens with zero attached hydrogens (tertiary/aromatic N) is 2. The van der Waals surface area contributed by atoms with Crippen LogP contribution in [0.4, 0.5) is 9.59 Å². The first-order valence-corrected chi connectivity index (χ1v) is 10.4. The van der Waals surface area contributed by atoms with Crippen LogP contribution in [0.2, 0.25) is 0 Å². The summed E-state index contributed by atoms with van der Waals surface area (Å²) < 4.78 is 20.0. The maximum Gasteiger partial charge on any atom is 0.514 e. The minimum absolute atomic E-state index is 0.149. The summed E-state index contributed by atoms with van der Waals surface area (Å²) in [5.74, 6) is 0.578. The van der Waals surface area contributed by atoms with Crippen molar-refractivity contribution in [1.29, 1.82) is 10.5 Å². The normalized spacial score (nSPS) is 11.4. The Morgan fingerprint density at radius 3 is 1.26 bits per heavy atom. The molecular formula is C26H24N2O6. The highest BCUT2D eigenvalue weighted by molar-refractivity contribution is 5.74. The van der Waals surface area contributed by atoms with E-state index in [1.165, 1.54) is 0 Å². The molecule has 0 aliphatic rings. The molecule has 2 aromatic rings. The van der Waals surface area contributed by atoms with E-state index in [1.54, 1.807) is 88.4 Å². The molecule has 0 saturated heterocycles. The highest BCUT2D eigenvalue weighted by Gasteiger charge is 2.10. The predicted molar refractivity (Wildman–Crippen MR) is 125 cm³/mol. The Labute approximate surface area is 198 Å². The third kappa shape index (κ3) is 8.52. The zero-order chi connectivity index (χ0) is 25.1. The number of nitriles is 2. The van der Waals surface area contributed by atoms with Crippen molar-refractivity contribution in [3.8, 4) is 23.6 Å². The molecule has 0 aliphatic carbocycles. The quantitative estimate of drug-likeness (QED) is 0.212. The number of carbonyl (C=O) groups excluding carboxylic acids is 2. The van der Waals surface area contributed by atoms with Crippen LogP contribution in [-0.4, -0.2) is 24.5 Å². The molecule has 0 amide bonds. The second-order valence-electron chi connectivity index (χ2n) is 7.52. The third-order valence-electron chi connectivity index (χ3n) is 3.98. The summed E-state index contributed by atoms with van der Waals surface area (Å²) in [6.07, 6.45) is 0.885. The number of hydrogen-bond donors (Lipinski definition) is 0. The number of allylic oxidation sites excluding steroid dienone is 2. The predicted octanol–water partition coefficient (Wildman–Crippen LogP) is 6.05. The Bertz CT molecular complexity index is 1050. The van der Waals surface area contributed by atoms with E-state index in [-0.39, 0.29) is 34.9 Å². The van der Waals surface area contributed by atoms with Gasteiger partial charge in [0, 0.05) is 0 Å². The third-order valence-corrected chi connectivity index (χ3v) is 3.98. The molecule has 174 valence electrons. The van der Waals surface area contributed by atoms with E-state index in [0.717, 1.165) is 0 Å². The van der Waals surface area contributed by atoms with Crippen molar-refractivity contribution in [2.24, 2.45) is 0 Å². The maximum atomic E-state index is 11.6. The first-order valence-electron chi connectivity index (χ1n) is 10.4. The molecule has 0 atom stereocenters. The number of carbonyl (C=O) groups is 2. The van der Waals surface area contributed by atoms with Crippen molar-refractivity contribution in [3.63, 3.8) is 0 Å². The van der Waals surface area contributed by atoms with Crippen LogP contribution >= 0.6 is 0 Å². The van der Waals surface area contributed by atoms with Gasteiger partial charge in [0.1, 0.15) is 23.6 Å². The van der Waals surface area contributed by atoms with Crippen LogP contribution in [0.5, 0.6) is 11.5 Å². The molecule has 0 spiro atoms. The van der Waals surface area contributed by atoms with Crippen LogP contribution in [0, 0.1) is 22.7 Å². The molecular weight excluding hydrogens is 436 g/mol. The van der Waals surface area contributed by atoms with Crippen molar-refractivity contribution in [2.45, 2.75) is 39.9 Å². The van der Waals surface area contributed by atoms with Gasteiger partial charge in [0.15, 0.2) is 0 Å². The van der Waals surface area contributed by atoms with E-state index in [2.05, 4.69) is 0 Å². The molecule has 2 aromatic carbocycles. The van der Waals surface area contributed by atoms with Gasteiger partial charge in [0.25, 0.3) is 0 Å². The van der Waals surface area contributed by atoms with Gasteiger partial charge in [-0.05, 0) is 75.2 Å². The van der Waals surface area contributed by atoms with Crippen LogP contribution in [0.3, 0.4) is 0 Å².